The first-order valence-corrected chi connectivity index (χ1v) is 9.80. The molecule has 5 aromatic rings. The highest BCUT2D eigenvalue weighted by atomic mass is 16.5. The van der Waals surface area contributed by atoms with Crippen molar-refractivity contribution < 1.29 is 14.3 Å². The third kappa shape index (κ3) is 2.62. The molecule has 0 spiro atoms. The van der Waals surface area contributed by atoms with Gasteiger partial charge in [0.1, 0.15) is 0 Å². The number of nitrogens with zero attached hydrogens (tertiary/aromatic N) is 2. The Morgan fingerprint density at radius 3 is 2.29 bits per heavy atom. The molecule has 0 aliphatic carbocycles. The number of H-pyrrole nitrogens is 1. The lowest BCUT2D eigenvalue weighted by atomic mass is 10.0. The molecule has 0 fully saturated rings. The topological polar surface area (TPSA) is 91.5 Å². The number of aromatic hydroxyl groups is 1. The molecule has 6 nitrogen and oxygen atoms in total. The minimum absolute atomic E-state index is 0.287. The van der Waals surface area contributed by atoms with Crippen molar-refractivity contribution in [3.05, 3.63) is 95.1 Å². The number of carbonyl (C=O) groups is 1. The molecule has 3 aromatic carbocycles. The second kappa shape index (κ2) is 6.53. The van der Waals surface area contributed by atoms with E-state index in [0.717, 1.165) is 21.6 Å². The lowest BCUT2D eigenvalue weighted by Crippen LogP contribution is -2.22. The first-order chi connectivity index (χ1) is 15.2. The molecule has 0 radical (unpaired) electrons. The summed E-state index contributed by atoms with van der Waals surface area (Å²) >= 11 is 0. The number of oxazole rings is 1. The molecule has 2 N–H and O–H groups in total. The summed E-state index contributed by atoms with van der Waals surface area (Å²) in [5.41, 5.74) is 2.78. The summed E-state index contributed by atoms with van der Waals surface area (Å²) in [6.45, 7) is 0. The first-order valence-electron chi connectivity index (χ1n) is 9.80. The SMILES string of the molecule is O=C1N=c2ccccc2=C1c1[nH]c(-c2nc(-c3ccccc3)oc2O)c2ccccc12. The fourth-order valence-corrected chi connectivity index (χ4v) is 4.05. The molecule has 1 aliphatic rings. The lowest BCUT2D eigenvalue weighted by molar-refractivity contribution is -0.112. The van der Waals surface area contributed by atoms with Crippen LogP contribution in [0.25, 0.3) is 39.2 Å². The highest BCUT2D eigenvalue weighted by Crippen LogP contribution is 2.39. The molecule has 6 rings (SSSR count). The van der Waals surface area contributed by atoms with E-state index < -0.39 is 0 Å². The van der Waals surface area contributed by atoms with Gasteiger partial charge in [-0.15, -0.1) is 0 Å². The van der Waals surface area contributed by atoms with Crippen molar-refractivity contribution in [2.24, 2.45) is 4.99 Å². The minimum atomic E-state index is -0.297. The number of benzene rings is 3. The monoisotopic (exact) mass is 405 g/mol. The number of carbonyl (C=O) groups excluding carboxylic acids is 1. The van der Waals surface area contributed by atoms with Crippen LogP contribution in [0.1, 0.15) is 5.69 Å². The largest absolute Gasteiger partial charge is 0.479 e. The van der Waals surface area contributed by atoms with Crippen LogP contribution in [0, 0.1) is 0 Å². The summed E-state index contributed by atoms with van der Waals surface area (Å²) in [7, 11) is 0. The van der Waals surface area contributed by atoms with Crippen molar-refractivity contribution in [2.75, 3.05) is 0 Å². The van der Waals surface area contributed by atoms with E-state index in [0.29, 0.717) is 28.2 Å². The van der Waals surface area contributed by atoms with Crippen LogP contribution in [0.5, 0.6) is 5.95 Å². The van der Waals surface area contributed by atoms with E-state index in [2.05, 4.69) is 15.0 Å². The quantitative estimate of drug-likeness (QED) is 0.480. The summed E-state index contributed by atoms with van der Waals surface area (Å²) in [4.78, 5) is 24.8. The molecule has 0 saturated carbocycles. The molecule has 0 unspecified atom stereocenters. The zero-order valence-electron chi connectivity index (χ0n) is 16.2. The Morgan fingerprint density at radius 1 is 0.806 bits per heavy atom. The molecule has 148 valence electrons. The number of amides is 1. The van der Waals surface area contributed by atoms with E-state index in [4.69, 9.17) is 4.42 Å². The van der Waals surface area contributed by atoms with E-state index in [-0.39, 0.29) is 17.5 Å². The van der Waals surface area contributed by atoms with Crippen LogP contribution in [-0.2, 0) is 4.79 Å². The summed E-state index contributed by atoms with van der Waals surface area (Å²) in [6.07, 6.45) is 0. The van der Waals surface area contributed by atoms with Gasteiger partial charge in [-0.1, -0.05) is 60.7 Å². The molecule has 0 saturated heterocycles. The number of nitrogens with one attached hydrogen (secondary N) is 1. The number of fused-ring (bicyclic) bond motifs is 2. The van der Waals surface area contributed by atoms with Gasteiger partial charge in [-0.2, -0.15) is 0 Å². The van der Waals surface area contributed by atoms with Crippen molar-refractivity contribution in [3.63, 3.8) is 0 Å². The average Bonchev–Trinajstić information content (AvgIpc) is 3.46. The third-order valence-corrected chi connectivity index (χ3v) is 5.44. The first kappa shape index (κ1) is 17.4. The maximum atomic E-state index is 12.8. The van der Waals surface area contributed by atoms with Gasteiger partial charge in [0.15, 0.2) is 5.69 Å². The fraction of sp³-hybridized carbons (Fsp3) is 0. The van der Waals surface area contributed by atoms with Crippen LogP contribution in [0.15, 0.2) is 88.3 Å². The zero-order valence-corrected chi connectivity index (χ0v) is 16.2. The molecule has 0 atom stereocenters. The Kier molecular flexibility index (Phi) is 3.67. The molecule has 0 bridgehead atoms. The number of hydrogen-bond acceptors (Lipinski definition) is 4. The predicted molar refractivity (Wildman–Crippen MR) is 116 cm³/mol. The van der Waals surface area contributed by atoms with Crippen molar-refractivity contribution in [3.8, 4) is 28.8 Å². The summed E-state index contributed by atoms with van der Waals surface area (Å²) < 4.78 is 5.55. The molecular weight excluding hydrogens is 390 g/mol. The molecule has 1 aliphatic heterocycles. The highest BCUT2D eigenvalue weighted by molar-refractivity contribution is 6.24. The van der Waals surface area contributed by atoms with Gasteiger partial charge in [-0.25, -0.2) is 9.98 Å². The smallest absolute Gasteiger partial charge is 0.312 e. The van der Waals surface area contributed by atoms with Gasteiger partial charge in [0.05, 0.1) is 22.3 Å². The van der Waals surface area contributed by atoms with Crippen LogP contribution < -0.4 is 10.6 Å². The van der Waals surface area contributed by atoms with Gasteiger partial charge in [-0.3, -0.25) is 4.79 Å². The number of aromatic amines is 1. The standard InChI is InChI=1S/C25H15N3O3/c29-23-19(17-12-6-7-13-18(17)26-23)20-15-10-4-5-11-16(15)21(27-20)22-25(30)31-24(28-22)14-8-2-1-3-9-14/h1-13,27,30H. The number of aromatic nitrogens is 2. The van der Waals surface area contributed by atoms with Crippen molar-refractivity contribution in [2.45, 2.75) is 0 Å². The van der Waals surface area contributed by atoms with E-state index >= 15 is 0 Å². The van der Waals surface area contributed by atoms with E-state index in [9.17, 15) is 9.90 Å². The predicted octanol–water partition coefficient (Wildman–Crippen LogP) is 3.55. The Balaban J connectivity index is 1.61. The Bertz CT molecular complexity index is 1610. The maximum absolute atomic E-state index is 12.8. The number of rotatable bonds is 3. The Hall–Kier alpha value is -4.45. The molecule has 31 heavy (non-hydrogen) atoms. The van der Waals surface area contributed by atoms with Crippen LogP contribution in [0.3, 0.4) is 0 Å². The molecule has 3 heterocycles. The summed E-state index contributed by atoms with van der Waals surface area (Å²) in [5.74, 6) is -0.266. The lowest BCUT2D eigenvalue weighted by Gasteiger charge is -1.98. The second-order valence-corrected chi connectivity index (χ2v) is 7.27. The van der Waals surface area contributed by atoms with Gasteiger partial charge in [0.2, 0.25) is 5.89 Å². The van der Waals surface area contributed by atoms with Crippen molar-refractivity contribution in [1.82, 2.24) is 9.97 Å². The minimum Gasteiger partial charge on any atom is -0.479 e. The van der Waals surface area contributed by atoms with Crippen molar-refractivity contribution >= 4 is 22.3 Å². The van der Waals surface area contributed by atoms with Crippen LogP contribution in [0.4, 0.5) is 0 Å². The van der Waals surface area contributed by atoms with Crippen LogP contribution >= 0.6 is 0 Å². The molecular formula is C25H15N3O3. The van der Waals surface area contributed by atoms with Crippen molar-refractivity contribution in [1.29, 1.82) is 0 Å². The third-order valence-electron chi connectivity index (χ3n) is 5.44. The van der Waals surface area contributed by atoms with Gasteiger partial charge >= 0.3 is 5.95 Å². The fourth-order valence-electron chi connectivity index (χ4n) is 4.05. The number of hydrogen-bond donors (Lipinski definition) is 2. The zero-order chi connectivity index (χ0) is 20.9. The second-order valence-electron chi connectivity index (χ2n) is 7.27. The van der Waals surface area contributed by atoms with Gasteiger partial charge in [0.25, 0.3) is 5.91 Å². The highest BCUT2D eigenvalue weighted by Gasteiger charge is 2.26. The normalized spacial score (nSPS) is 12.9. The summed E-state index contributed by atoms with van der Waals surface area (Å²) in [6, 6.07) is 24.5. The van der Waals surface area contributed by atoms with Gasteiger partial charge in [-0.05, 0) is 18.2 Å². The van der Waals surface area contributed by atoms with Gasteiger partial charge in [0, 0.05) is 21.6 Å². The van der Waals surface area contributed by atoms with Crippen LogP contribution in [0.2, 0.25) is 0 Å². The molecule has 1 amide bonds. The average molecular weight is 405 g/mol. The molecule has 6 heteroatoms. The Labute approximate surface area is 175 Å². The number of para-hydroxylation sites is 1. The van der Waals surface area contributed by atoms with Gasteiger partial charge < -0.3 is 14.5 Å². The van der Waals surface area contributed by atoms with Crippen LogP contribution in [-0.4, -0.2) is 21.0 Å². The maximum Gasteiger partial charge on any atom is 0.312 e. The molecule has 2 aromatic heterocycles. The summed E-state index contributed by atoms with van der Waals surface area (Å²) in [5, 5.41) is 13.6. The van der Waals surface area contributed by atoms with E-state index in [1.54, 1.807) is 0 Å². The van der Waals surface area contributed by atoms with E-state index in [1.807, 2.05) is 78.9 Å². The Morgan fingerprint density at radius 2 is 1.48 bits per heavy atom. The van der Waals surface area contributed by atoms with E-state index in [1.165, 1.54) is 0 Å².